The Labute approximate surface area is 184 Å². The third-order valence-electron chi connectivity index (χ3n) is 4.48. The van der Waals surface area contributed by atoms with E-state index in [2.05, 4.69) is 15.2 Å². The van der Waals surface area contributed by atoms with Gasteiger partial charge < -0.3 is 24.4 Å². The molecule has 158 valence electrons. The van der Waals surface area contributed by atoms with Gasteiger partial charge in [0.15, 0.2) is 5.96 Å². The van der Waals surface area contributed by atoms with E-state index in [1.807, 2.05) is 31.2 Å². The van der Waals surface area contributed by atoms with Crippen LogP contribution < -0.4 is 10.1 Å². The molecule has 0 saturated carbocycles. The van der Waals surface area contributed by atoms with Gasteiger partial charge >= 0.3 is 5.97 Å². The molecule has 0 aliphatic carbocycles. The fraction of sp³-hybridized carbons (Fsp3) is 0.600. The van der Waals surface area contributed by atoms with Gasteiger partial charge in [0, 0.05) is 33.8 Å². The highest BCUT2D eigenvalue weighted by atomic mass is 127. The summed E-state index contributed by atoms with van der Waals surface area (Å²) < 4.78 is 15.7. The number of rotatable bonds is 8. The number of piperidine rings is 1. The second-order valence-corrected chi connectivity index (χ2v) is 6.42. The zero-order chi connectivity index (χ0) is 19.5. The highest BCUT2D eigenvalue weighted by Gasteiger charge is 2.28. The molecule has 8 heteroatoms. The molecule has 1 aliphatic heterocycles. The molecule has 1 heterocycles. The van der Waals surface area contributed by atoms with Gasteiger partial charge in [0.05, 0.1) is 19.1 Å². The summed E-state index contributed by atoms with van der Waals surface area (Å²) in [7, 11) is 3.42. The number of likely N-dealkylation sites (tertiary alicyclic amines) is 1. The Morgan fingerprint density at radius 3 is 2.68 bits per heavy atom. The van der Waals surface area contributed by atoms with Crippen molar-refractivity contribution in [3.05, 3.63) is 29.8 Å². The predicted molar refractivity (Wildman–Crippen MR) is 120 cm³/mol. The lowest BCUT2D eigenvalue weighted by Crippen LogP contribution is -2.48. The number of nitrogens with zero attached hydrogens (tertiary/aromatic N) is 2. The minimum atomic E-state index is -0.110. The summed E-state index contributed by atoms with van der Waals surface area (Å²) in [6, 6.07) is 7.96. The summed E-state index contributed by atoms with van der Waals surface area (Å²) >= 11 is 0. The van der Waals surface area contributed by atoms with Gasteiger partial charge in [-0.05, 0) is 37.5 Å². The van der Waals surface area contributed by atoms with E-state index in [9.17, 15) is 4.79 Å². The Bertz CT molecular complexity index is 610. The van der Waals surface area contributed by atoms with Crippen molar-refractivity contribution in [3.63, 3.8) is 0 Å². The van der Waals surface area contributed by atoms with Crippen LogP contribution in [0.25, 0.3) is 0 Å². The van der Waals surface area contributed by atoms with Gasteiger partial charge in [-0.2, -0.15) is 0 Å². The summed E-state index contributed by atoms with van der Waals surface area (Å²) in [5.41, 5.74) is 1.13. The normalized spacial score (nSPS) is 16.9. The lowest BCUT2D eigenvalue weighted by molar-refractivity contribution is -0.149. The van der Waals surface area contributed by atoms with Gasteiger partial charge in [-0.15, -0.1) is 24.0 Å². The number of carbonyl (C=O) groups is 1. The first-order valence-electron chi connectivity index (χ1n) is 9.50. The second kappa shape index (κ2) is 13.6. The zero-order valence-electron chi connectivity index (χ0n) is 17.0. The highest BCUT2D eigenvalue weighted by molar-refractivity contribution is 14.0. The third-order valence-corrected chi connectivity index (χ3v) is 4.48. The molecular weight excluding hydrogens is 473 g/mol. The smallest absolute Gasteiger partial charge is 0.310 e. The summed E-state index contributed by atoms with van der Waals surface area (Å²) in [4.78, 5) is 18.5. The van der Waals surface area contributed by atoms with Crippen molar-refractivity contribution < 1.29 is 19.0 Å². The molecule has 0 bridgehead atoms. The average molecular weight is 505 g/mol. The minimum Gasteiger partial charge on any atom is -0.491 e. The van der Waals surface area contributed by atoms with E-state index in [-0.39, 0.29) is 35.9 Å². The third kappa shape index (κ3) is 7.83. The number of guanidine groups is 1. The second-order valence-electron chi connectivity index (χ2n) is 6.42. The summed E-state index contributed by atoms with van der Waals surface area (Å²) in [6.07, 6.45) is 1.83. The molecule has 2 rings (SSSR count). The van der Waals surface area contributed by atoms with Crippen LogP contribution in [0, 0.1) is 5.92 Å². The molecule has 1 saturated heterocycles. The standard InChI is InChI=1S/C20H31N3O4.HI/c1-4-26-19(24)17-6-5-11-23(15-17)20(21-2)22-14-16-7-9-18(10-8-16)27-13-12-25-3;/h7-10,17H,4-6,11-15H2,1-3H3,(H,21,22);1H. The quantitative estimate of drug-likeness (QED) is 0.193. The maximum atomic E-state index is 12.0. The van der Waals surface area contributed by atoms with E-state index < -0.39 is 0 Å². The van der Waals surface area contributed by atoms with Crippen molar-refractivity contribution >= 4 is 35.9 Å². The largest absolute Gasteiger partial charge is 0.491 e. The van der Waals surface area contributed by atoms with Crippen LogP contribution in [0.2, 0.25) is 0 Å². The van der Waals surface area contributed by atoms with Crippen LogP contribution in [-0.2, 0) is 20.8 Å². The Morgan fingerprint density at radius 1 is 1.29 bits per heavy atom. The number of benzene rings is 1. The number of halogens is 1. The number of nitrogens with one attached hydrogen (secondary N) is 1. The van der Waals surface area contributed by atoms with Crippen LogP contribution in [-0.4, -0.2) is 63.9 Å². The van der Waals surface area contributed by atoms with Crippen LogP contribution in [0.5, 0.6) is 5.75 Å². The molecule has 1 N–H and O–H groups in total. The number of ether oxygens (including phenoxy) is 3. The van der Waals surface area contributed by atoms with Crippen molar-refractivity contribution in [2.24, 2.45) is 10.9 Å². The molecular formula is C20H32IN3O4. The molecule has 1 atom stereocenters. The first-order valence-corrected chi connectivity index (χ1v) is 9.50. The maximum absolute atomic E-state index is 12.0. The lowest BCUT2D eigenvalue weighted by Gasteiger charge is -2.34. The van der Waals surface area contributed by atoms with Crippen molar-refractivity contribution in [3.8, 4) is 5.75 Å². The Kier molecular flexibility index (Phi) is 11.9. The van der Waals surface area contributed by atoms with Crippen LogP contribution in [0.15, 0.2) is 29.3 Å². The topological polar surface area (TPSA) is 72.4 Å². The molecule has 0 aromatic heterocycles. The number of hydrogen-bond acceptors (Lipinski definition) is 5. The van der Waals surface area contributed by atoms with E-state index in [1.165, 1.54) is 0 Å². The van der Waals surface area contributed by atoms with E-state index >= 15 is 0 Å². The van der Waals surface area contributed by atoms with Crippen molar-refractivity contribution in [1.82, 2.24) is 10.2 Å². The Morgan fingerprint density at radius 2 is 2.04 bits per heavy atom. The molecule has 1 aromatic rings. The van der Waals surface area contributed by atoms with Crippen molar-refractivity contribution in [1.29, 1.82) is 0 Å². The molecule has 28 heavy (non-hydrogen) atoms. The van der Waals surface area contributed by atoms with Crippen LogP contribution in [0.1, 0.15) is 25.3 Å². The molecule has 7 nitrogen and oxygen atoms in total. The minimum absolute atomic E-state index is 0. The fourth-order valence-corrected chi connectivity index (χ4v) is 3.08. The maximum Gasteiger partial charge on any atom is 0.310 e. The van der Waals surface area contributed by atoms with E-state index in [0.717, 1.165) is 36.7 Å². The predicted octanol–water partition coefficient (Wildman–Crippen LogP) is 2.68. The first kappa shape index (κ1) is 24.5. The lowest BCUT2D eigenvalue weighted by atomic mass is 9.98. The Hall–Kier alpha value is -1.55. The molecule has 0 amide bonds. The van der Waals surface area contributed by atoms with Crippen LogP contribution >= 0.6 is 24.0 Å². The molecule has 0 radical (unpaired) electrons. The summed E-state index contributed by atoms with van der Waals surface area (Å²) in [5, 5.41) is 3.38. The summed E-state index contributed by atoms with van der Waals surface area (Å²) in [6.45, 7) is 5.57. The zero-order valence-corrected chi connectivity index (χ0v) is 19.3. The van der Waals surface area contributed by atoms with Gasteiger partial charge in [-0.1, -0.05) is 12.1 Å². The van der Waals surface area contributed by atoms with E-state index in [1.54, 1.807) is 14.2 Å². The van der Waals surface area contributed by atoms with Crippen molar-refractivity contribution in [2.45, 2.75) is 26.3 Å². The number of aliphatic imine (C=N–C) groups is 1. The first-order chi connectivity index (χ1) is 13.2. The number of methoxy groups -OCH3 is 1. The van der Waals surface area contributed by atoms with Gasteiger partial charge in [0.25, 0.3) is 0 Å². The van der Waals surface area contributed by atoms with Gasteiger partial charge in [0.2, 0.25) is 0 Å². The number of esters is 1. The number of hydrogen-bond donors (Lipinski definition) is 1. The summed E-state index contributed by atoms with van der Waals surface area (Å²) in [5.74, 6) is 1.44. The molecule has 1 aromatic carbocycles. The SMILES string of the molecule is CCOC(=O)C1CCCN(C(=NC)NCc2ccc(OCCOC)cc2)C1.I. The average Bonchev–Trinajstić information content (AvgIpc) is 2.70. The monoisotopic (exact) mass is 505 g/mol. The molecule has 1 unspecified atom stereocenters. The molecule has 1 aliphatic rings. The van der Waals surface area contributed by atoms with E-state index in [0.29, 0.717) is 32.9 Å². The van der Waals surface area contributed by atoms with E-state index in [4.69, 9.17) is 14.2 Å². The Balaban J connectivity index is 0.00000392. The fourth-order valence-electron chi connectivity index (χ4n) is 3.08. The molecule has 1 fully saturated rings. The van der Waals surface area contributed by atoms with Gasteiger partial charge in [-0.3, -0.25) is 9.79 Å². The van der Waals surface area contributed by atoms with Gasteiger partial charge in [-0.25, -0.2) is 0 Å². The highest BCUT2D eigenvalue weighted by Crippen LogP contribution is 2.18. The molecule has 0 spiro atoms. The van der Waals surface area contributed by atoms with Crippen LogP contribution in [0.3, 0.4) is 0 Å². The van der Waals surface area contributed by atoms with Crippen molar-refractivity contribution in [2.75, 3.05) is 47.1 Å². The van der Waals surface area contributed by atoms with Gasteiger partial charge in [0.1, 0.15) is 12.4 Å². The van der Waals surface area contributed by atoms with Crippen LogP contribution in [0.4, 0.5) is 0 Å². The number of carbonyl (C=O) groups excluding carboxylic acids is 1.